The minimum atomic E-state index is 0.775. The molecule has 4 heteroatoms. The number of anilines is 2. The van der Waals surface area contributed by atoms with Gasteiger partial charge in [-0.25, -0.2) is 9.97 Å². The van der Waals surface area contributed by atoms with E-state index in [2.05, 4.69) is 44.5 Å². The largest absolute Gasteiger partial charge is 0.311 e. The Morgan fingerprint density at radius 3 is 2.78 bits per heavy atom. The van der Waals surface area contributed by atoms with E-state index in [0.29, 0.717) is 0 Å². The summed E-state index contributed by atoms with van der Waals surface area (Å²) in [5.74, 6) is 0.775. The van der Waals surface area contributed by atoms with Gasteiger partial charge in [-0.2, -0.15) is 0 Å². The molecule has 2 aromatic rings. The minimum absolute atomic E-state index is 0.775. The highest BCUT2D eigenvalue weighted by atomic mass is 15.3. The van der Waals surface area contributed by atoms with Crippen LogP contribution < -0.4 is 10.2 Å². The van der Waals surface area contributed by atoms with Gasteiger partial charge in [0.05, 0.1) is 0 Å². The zero-order valence-corrected chi connectivity index (χ0v) is 10.4. The maximum absolute atomic E-state index is 4.43. The topological polar surface area (TPSA) is 41.1 Å². The van der Waals surface area contributed by atoms with E-state index in [1.54, 1.807) is 0 Å². The molecular weight excluding hydrogens is 224 g/mol. The lowest BCUT2D eigenvalue weighted by molar-refractivity contribution is 0.709. The standard InChI is InChI=1S/C14H16N4/c1-11-8-16-14(17-9-11)18-7-6-15-10-12-4-2-3-5-13(12)18/h2-5,8-9,15H,6-7,10H2,1H3. The summed E-state index contributed by atoms with van der Waals surface area (Å²) in [5, 5.41) is 3.42. The van der Waals surface area contributed by atoms with E-state index < -0.39 is 0 Å². The molecule has 4 nitrogen and oxygen atoms in total. The average Bonchev–Trinajstić information content (AvgIpc) is 2.62. The van der Waals surface area contributed by atoms with E-state index in [4.69, 9.17) is 0 Å². The molecule has 0 spiro atoms. The molecule has 0 bridgehead atoms. The van der Waals surface area contributed by atoms with E-state index in [1.165, 1.54) is 11.3 Å². The number of aryl methyl sites for hydroxylation is 1. The summed E-state index contributed by atoms with van der Waals surface area (Å²) in [5.41, 5.74) is 3.57. The van der Waals surface area contributed by atoms with Crippen molar-refractivity contribution in [2.75, 3.05) is 18.0 Å². The van der Waals surface area contributed by atoms with Gasteiger partial charge in [-0.3, -0.25) is 0 Å². The van der Waals surface area contributed by atoms with Crippen molar-refractivity contribution in [1.82, 2.24) is 15.3 Å². The quantitative estimate of drug-likeness (QED) is 0.828. The molecular formula is C14H16N4. The lowest BCUT2D eigenvalue weighted by Gasteiger charge is -2.22. The predicted molar refractivity (Wildman–Crippen MR) is 71.9 cm³/mol. The van der Waals surface area contributed by atoms with Gasteiger partial charge in [0.25, 0.3) is 0 Å². The molecule has 0 radical (unpaired) electrons. The van der Waals surface area contributed by atoms with Crippen molar-refractivity contribution >= 4 is 11.6 Å². The van der Waals surface area contributed by atoms with Crippen molar-refractivity contribution in [2.45, 2.75) is 13.5 Å². The van der Waals surface area contributed by atoms with E-state index in [1.807, 2.05) is 19.3 Å². The van der Waals surface area contributed by atoms with Crippen molar-refractivity contribution in [2.24, 2.45) is 0 Å². The monoisotopic (exact) mass is 240 g/mol. The highest BCUT2D eigenvalue weighted by Gasteiger charge is 2.17. The van der Waals surface area contributed by atoms with Crippen molar-refractivity contribution in [3.63, 3.8) is 0 Å². The van der Waals surface area contributed by atoms with Crippen LogP contribution in [0.5, 0.6) is 0 Å². The number of fused-ring (bicyclic) bond motifs is 1. The van der Waals surface area contributed by atoms with Crippen LogP contribution >= 0.6 is 0 Å². The number of aromatic nitrogens is 2. The van der Waals surface area contributed by atoms with Gasteiger partial charge >= 0.3 is 0 Å². The number of nitrogens with one attached hydrogen (secondary N) is 1. The van der Waals surface area contributed by atoms with Crippen LogP contribution in [0, 0.1) is 6.92 Å². The fraction of sp³-hybridized carbons (Fsp3) is 0.286. The Morgan fingerprint density at radius 1 is 1.17 bits per heavy atom. The second kappa shape index (κ2) is 4.74. The van der Waals surface area contributed by atoms with Crippen LogP contribution in [0.15, 0.2) is 36.7 Å². The SMILES string of the molecule is Cc1cnc(N2CCNCc3ccccc32)nc1. The van der Waals surface area contributed by atoms with Crippen LogP contribution in [-0.4, -0.2) is 23.1 Å². The number of hydrogen-bond acceptors (Lipinski definition) is 4. The summed E-state index contributed by atoms with van der Waals surface area (Å²) < 4.78 is 0. The molecule has 1 aliphatic rings. The number of benzene rings is 1. The van der Waals surface area contributed by atoms with Gasteiger partial charge in [-0.1, -0.05) is 18.2 Å². The summed E-state index contributed by atoms with van der Waals surface area (Å²) in [4.78, 5) is 11.0. The molecule has 1 N–H and O–H groups in total. The van der Waals surface area contributed by atoms with Crippen molar-refractivity contribution in [3.8, 4) is 0 Å². The van der Waals surface area contributed by atoms with Crippen LogP contribution in [0.4, 0.5) is 11.6 Å². The molecule has 1 aliphatic heterocycles. The zero-order chi connectivity index (χ0) is 12.4. The van der Waals surface area contributed by atoms with Crippen molar-refractivity contribution in [1.29, 1.82) is 0 Å². The number of rotatable bonds is 1. The van der Waals surface area contributed by atoms with E-state index in [9.17, 15) is 0 Å². The molecule has 0 saturated carbocycles. The van der Waals surface area contributed by atoms with Gasteiger partial charge in [0.15, 0.2) is 0 Å². The van der Waals surface area contributed by atoms with E-state index in [-0.39, 0.29) is 0 Å². The fourth-order valence-corrected chi connectivity index (χ4v) is 2.19. The molecule has 92 valence electrons. The Labute approximate surface area is 107 Å². The normalized spacial score (nSPS) is 15.1. The molecule has 0 amide bonds. The first kappa shape index (κ1) is 11.2. The Bertz CT molecular complexity index is 536. The summed E-state index contributed by atoms with van der Waals surface area (Å²) in [7, 11) is 0. The Kier molecular flexibility index (Phi) is 2.94. The molecule has 1 aromatic carbocycles. The van der Waals surface area contributed by atoms with Crippen LogP contribution in [-0.2, 0) is 6.54 Å². The Morgan fingerprint density at radius 2 is 1.94 bits per heavy atom. The average molecular weight is 240 g/mol. The summed E-state index contributed by atoms with van der Waals surface area (Å²) in [6.45, 7) is 4.73. The minimum Gasteiger partial charge on any atom is -0.311 e. The maximum atomic E-state index is 4.43. The molecule has 0 fully saturated rings. The highest BCUT2D eigenvalue weighted by Crippen LogP contribution is 2.26. The third-order valence-corrected chi connectivity index (χ3v) is 3.12. The van der Waals surface area contributed by atoms with Gasteiger partial charge in [0.1, 0.15) is 0 Å². The van der Waals surface area contributed by atoms with Crippen molar-refractivity contribution in [3.05, 3.63) is 47.8 Å². The summed E-state index contributed by atoms with van der Waals surface area (Å²) in [6.07, 6.45) is 3.73. The van der Waals surface area contributed by atoms with Gasteiger partial charge in [0, 0.05) is 37.7 Å². The third-order valence-electron chi connectivity index (χ3n) is 3.12. The maximum Gasteiger partial charge on any atom is 0.229 e. The smallest absolute Gasteiger partial charge is 0.229 e. The Hall–Kier alpha value is -1.94. The lowest BCUT2D eigenvalue weighted by atomic mass is 10.1. The molecule has 0 aliphatic carbocycles. The van der Waals surface area contributed by atoms with Crippen LogP contribution in [0.25, 0.3) is 0 Å². The van der Waals surface area contributed by atoms with Gasteiger partial charge in [0.2, 0.25) is 5.95 Å². The van der Waals surface area contributed by atoms with Gasteiger partial charge in [-0.05, 0) is 24.1 Å². The lowest BCUT2D eigenvalue weighted by Crippen LogP contribution is -2.25. The second-order valence-electron chi connectivity index (χ2n) is 4.52. The first-order valence-electron chi connectivity index (χ1n) is 6.19. The van der Waals surface area contributed by atoms with Gasteiger partial charge < -0.3 is 10.2 Å². The fourth-order valence-electron chi connectivity index (χ4n) is 2.19. The molecule has 3 rings (SSSR count). The Balaban J connectivity index is 2.03. The summed E-state index contributed by atoms with van der Waals surface area (Å²) in [6, 6.07) is 8.41. The number of hydrogen-bond donors (Lipinski definition) is 1. The highest BCUT2D eigenvalue weighted by molar-refractivity contribution is 5.62. The van der Waals surface area contributed by atoms with Crippen molar-refractivity contribution < 1.29 is 0 Å². The third kappa shape index (κ3) is 2.07. The number of nitrogens with zero attached hydrogens (tertiary/aromatic N) is 3. The first-order valence-corrected chi connectivity index (χ1v) is 6.19. The van der Waals surface area contributed by atoms with Crippen LogP contribution in [0.3, 0.4) is 0 Å². The van der Waals surface area contributed by atoms with E-state index >= 15 is 0 Å². The zero-order valence-electron chi connectivity index (χ0n) is 10.4. The van der Waals surface area contributed by atoms with E-state index in [0.717, 1.165) is 31.1 Å². The molecule has 18 heavy (non-hydrogen) atoms. The first-order chi connectivity index (χ1) is 8.84. The molecule has 1 aromatic heterocycles. The molecule has 0 saturated heterocycles. The summed E-state index contributed by atoms with van der Waals surface area (Å²) >= 11 is 0. The molecule has 0 unspecified atom stereocenters. The number of para-hydroxylation sites is 1. The predicted octanol–water partition coefficient (Wildman–Crippen LogP) is 2.03. The second-order valence-corrected chi connectivity index (χ2v) is 4.52. The molecule has 2 heterocycles. The van der Waals surface area contributed by atoms with Gasteiger partial charge in [-0.15, -0.1) is 0 Å². The van der Waals surface area contributed by atoms with Crippen LogP contribution in [0.2, 0.25) is 0 Å². The molecule has 0 atom stereocenters. The van der Waals surface area contributed by atoms with Crippen LogP contribution in [0.1, 0.15) is 11.1 Å².